The Balaban J connectivity index is 1.93. The Bertz CT molecular complexity index is 761. The van der Waals surface area contributed by atoms with Crippen LogP contribution in [0.25, 0.3) is 0 Å². The summed E-state index contributed by atoms with van der Waals surface area (Å²) in [4.78, 5) is 36.8. The first-order valence-corrected chi connectivity index (χ1v) is 9.44. The third-order valence-corrected chi connectivity index (χ3v) is 4.34. The monoisotopic (exact) mass is 428 g/mol. The number of hydrogen-bond acceptors (Lipinski definition) is 5. The lowest BCUT2D eigenvalue weighted by atomic mass is 10.1. The molecule has 2 rings (SSSR count). The van der Waals surface area contributed by atoms with Gasteiger partial charge in [-0.1, -0.05) is 35.4 Å². The van der Waals surface area contributed by atoms with Crippen LogP contribution in [-0.2, 0) is 23.9 Å². The molecule has 1 unspecified atom stereocenters. The highest BCUT2D eigenvalue weighted by Gasteiger charge is 2.32. The van der Waals surface area contributed by atoms with Crippen molar-refractivity contribution >= 4 is 46.7 Å². The van der Waals surface area contributed by atoms with E-state index in [2.05, 4.69) is 10.6 Å². The van der Waals surface area contributed by atoms with Crippen molar-refractivity contribution in [2.45, 2.75) is 38.5 Å². The molecule has 2 amide bonds. The average molecular weight is 429 g/mol. The van der Waals surface area contributed by atoms with E-state index in [0.717, 1.165) is 0 Å². The van der Waals surface area contributed by atoms with E-state index >= 15 is 0 Å². The van der Waals surface area contributed by atoms with Crippen molar-refractivity contribution in [1.82, 2.24) is 5.32 Å². The van der Waals surface area contributed by atoms with Gasteiger partial charge in [0.05, 0.1) is 12.0 Å². The van der Waals surface area contributed by atoms with Crippen LogP contribution in [0.4, 0.5) is 5.69 Å². The lowest BCUT2D eigenvalue weighted by molar-refractivity contribution is -0.151. The number of carbonyl (C=O) groups excluding carboxylic acids is 3. The zero-order valence-electron chi connectivity index (χ0n) is 15.7. The van der Waals surface area contributed by atoms with E-state index in [1.54, 1.807) is 26.0 Å². The maximum Gasteiger partial charge on any atom is 0.313 e. The fourth-order valence-corrected chi connectivity index (χ4v) is 3.25. The van der Waals surface area contributed by atoms with Gasteiger partial charge >= 0.3 is 5.97 Å². The van der Waals surface area contributed by atoms with Crippen molar-refractivity contribution in [1.29, 1.82) is 0 Å². The molecule has 0 spiro atoms. The van der Waals surface area contributed by atoms with Crippen LogP contribution >= 0.6 is 23.2 Å². The number of ether oxygens (including phenoxy) is 2. The second-order valence-corrected chi connectivity index (χ2v) is 7.46. The molecule has 0 radical (unpaired) electrons. The van der Waals surface area contributed by atoms with Gasteiger partial charge in [-0.2, -0.15) is 0 Å². The number of amides is 2. The molecule has 0 aliphatic heterocycles. The SMILES string of the molecule is COC(C(=O)Nc1cc(Cl)cc(Cl)c1)C(=O)N[C@H]1C=C[C@@H](C(=O)OC(C)C)C1. The summed E-state index contributed by atoms with van der Waals surface area (Å²) in [6, 6.07) is 4.12. The topological polar surface area (TPSA) is 93.7 Å². The molecular weight excluding hydrogens is 407 g/mol. The number of benzene rings is 1. The minimum absolute atomic E-state index is 0.212. The smallest absolute Gasteiger partial charge is 0.313 e. The van der Waals surface area contributed by atoms with Crippen LogP contribution in [0.1, 0.15) is 20.3 Å². The fraction of sp³-hybridized carbons (Fsp3) is 0.421. The van der Waals surface area contributed by atoms with E-state index in [0.29, 0.717) is 22.2 Å². The molecule has 0 bridgehead atoms. The molecule has 2 N–H and O–H groups in total. The van der Waals surface area contributed by atoms with Gasteiger partial charge in [0.25, 0.3) is 11.8 Å². The summed E-state index contributed by atoms with van der Waals surface area (Å²) in [5.74, 6) is -2.07. The molecule has 28 heavy (non-hydrogen) atoms. The van der Waals surface area contributed by atoms with Crippen molar-refractivity contribution in [3.63, 3.8) is 0 Å². The Morgan fingerprint density at radius 2 is 1.71 bits per heavy atom. The second kappa shape index (κ2) is 9.91. The van der Waals surface area contributed by atoms with Gasteiger partial charge < -0.3 is 20.1 Å². The van der Waals surface area contributed by atoms with E-state index in [-0.39, 0.29) is 12.1 Å². The van der Waals surface area contributed by atoms with Gasteiger partial charge in [-0.3, -0.25) is 14.4 Å². The lowest BCUT2D eigenvalue weighted by Gasteiger charge is -2.19. The van der Waals surface area contributed by atoms with Crippen LogP contribution in [0.15, 0.2) is 30.4 Å². The second-order valence-electron chi connectivity index (χ2n) is 6.59. The Hall–Kier alpha value is -2.09. The fourth-order valence-electron chi connectivity index (χ4n) is 2.73. The highest BCUT2D eigenvalue weighted by molar-refractivity contribution is 6.35. The third kappa shape index (κ3) is 6.22. The molecule has 0 aromatic heterocycles. The number of methoxy groups -OCH3 is 1. The number of halogens is 2. The first kappa shape index (κ1) is 22.2. The van der Waals surface area contributed by atoms with Gasteiger partial charge in [-0.05, 0) is 38.5 Å². The molecule has 0 saturated carbocycles. The molecule has 9 heteroatoms. The van der Waals surface area contributed by atoms with Gasteiger partial charge in [0, 0.05) is 28.9 Å². The maximum atomic E-state index is 12.5. The number of carbonyl (C=O) groups is 3. The lowest BCUT2D eigenvalue weighted by Crippen LogP contribution is -2.47. The summed E-state index contributed by atoms with van der Waals surface area (Å²) in [5.41, 5.74) is 0.342. The first-order valence-electron chi connectivity index (χ1n) is 8.68. The molecule has 152 valence electrons. The molecule has 1 aliphatic rings. The Labute approximate surface area is 173 Å². The molecule has 7 nitrogen and oxygen atoms in total. The first-order chi connectivity index (χ1) is 13.2. The predicted molar refractivity (Wildman–Crippen MR) is 106 cm³/mol. The molecule has 0 fully saturated rings. The standard InChI is InChI=1S/C19H22Cl2N2O5/c1-10(2)28-19(26)11-4-5-14(6-11)22-17(24)16(27-3)18(25)23-15-8-12(20)7-13(21)9-15/h4-5,7-11,14,16H,6H2,1-3H3,(H,22,24)(H,23,25)/t11-,14+,16?/m1/s1. The summed E-state index contributed by atoms with van der Waals surface area (Å²) < 4.78 is 10.2. The van der Waals surface area contributed by atoms with E-state index < -0.39 is 29.9 Å². The van der Waals surface area contributed by atoms with Crippen molar-refractivity contribution in [2.24, 2.45) is 5.92 Å². The van der Waals surface area contributed by atoms with Crippen LogP contribution in [0.5, 0.6) is 0 Å². The van der Waals surface area contributed by atoms with E-state index in [1.165, 1.54) is 25.3 Å². The summed E-state index contributed by atoms with van der Waals surface area (Å²) in [6.45, 7) is 3.54. The molecule has 1 aromatic carbocycles. The number of hydrogen-bond donors (Lipinski definition) is 2. The summed E-state index contributed by atoms with van der Waals surface area (Å²) in [6.07, 6.45) is 2.15. The molecular formula is C19H22Cl2N2O5. The van der Waals surface area contributed by atoms with Crippen molar-refractivity contribution in [3.8, 4) is 0 Å². The zero-order valence-corrected chi connectivity index (χ0v) is 17.2. The summed E-state index contributed by atoms with van der Waals surface area (Å²) >= 11 is 11.8. The molecule has 1 aliphatic carbocycles. The summed E-state index contributed by atoms with van der Waals surface area (Å²) in [5, 5.41) is 5.92. The van der Waals surface area contributed by atoms with Gasteiger partial charge in [0.1, 0.15) is 0 Å². The number of nitrogens with one attached hydrogen (secondary N) is 2. The Morgan fingerprint density at radius 3 is 2.29 bits per heavy atom. The van der Waals surface area contributed by atoms with E-state index in [1.807, 2.05) is 0 Å². The Morgan fingerprint density at radius 1 is 1.07 bits per heavy atom. The van der Waals surface area contributed by atoms with Crippen molar-refractivity contribution in [2.75, 3.05) is 12.4 Å². The quantitative estimate of drug-likeness (QED) is 0.395. The minimum atomic E-state index is -1.38. The van der Waals surface area contributed by atoms with Gasteiger partial charge in [0.2, 0.25) is 6.10 Å². The number of rotatable bonds is 7. The Kier molecular flexibility index (Phi) is 7.86. The number of esters is 1. The van der Waals surface area contributed by atoms with Crippen LogP contribution < -0.4 is 10.6 Å². The highest BCUT2D eigenvalue weighted by atomic mass is 35.5. The molecule has 0 saturated heterocycles. The highest BCUT2D eigenvalue weighted by Crippen LogP contribution is 2.23. The summed E-state index contributed by atoms with van der Waals surface area (Å²) in [7, 11) is 1.25. The van der Waals surface area contributed by atoms with Crippen molar-refractivity contribution < 1.29 is 23.9 Å². The van der Waals surface area contributed by atoms with Gasteiger partial charge in [-0.15, -0.1) is 0 Å². The third-order valence-electron chi connectivity index (χ3n) is 3.91. The molecule has 3 atom stereocenters. The number of anilines is 1. The molecule has 0 heterocycles. The average Bonchev–Trinajstić information content (AvgIpc) is 3.02. The predicted octanol–water partition coefficient (Wildman–Crippen LogP) is 2.96. The minimum Gasteiger partial charge on any atom is -0.463 e. The van der Waals surface area contributed by atoms with E-state index in [4.69, 9.17) is 32.7 Å². The normalized spacial score (nSPS) is 19.4. The van der Waals surface area contributed by atoms with Crippen LogP contribution in [-0.4, -0.2) is 43.1 Å². The molecule has 1 aromatic rings. The largest absolute Gasteiger partial charge is 0.463 e. The van der Waals surface area contributed by atoms with Crippen LogP contribution in [0.3, 0.4) is 0 Å². The van der Waals surface area contributed by atoms with Gasteiger partial charge in [0.15, 0.2) is 0 Å². The van der Waals surface area contributed by atoms with Crippen LogP contribution in [0.2, 0.25) is 10.0 Å². The van der Waals surface area contributed by atoms with E-state index in [9.17, 15) is 14.4 Å². The van der Waals surface area contributed by atoms with Gasteiger partial charge in [-0.25, -0.2) is 0 Å². The van der Waals surface area contributed by atoms with Crippen LogP contribution in [0, 0.1) is 5.92 Å². The van der Waals surface area contributed by atoms with Crippen molar-refractivity contribution in [3.05, 3.63) is 40.4 Å². The maximum absolute atomic E-state index is 12.5. The zero-order chi connectivity index (χ0) is 20.8.